The van der Waals surface area contributed by atoms with Gasteiger partial charge >= 0.3 is 57.4 Å². The van der Waals surface area contributed by atoms with E-state index in [9.17, 15) is 19.5 Å². The molecule has 1 aromatic carbocycles. The maximum Gasteiger partial charge on any atom is 1.00 e. The summed E-state index contributed by atoms with van der Waals surface area (Å²) in [5.74, 6) is -1.97. The van der Waals surface area contributed by atoms with Crippen molar-refractivity contribution in [2.75, 3.05) is 6.61 Å². The Labute approximate surface area is 191 Å². The Morgan fingerprint density at radius 3 is 2.52 bits per heavy atom. The molecule has 0 N–H and O–H groups in total. The number of aliphatic carboxylic acids is 1. The molecule has 2 saturated heterocycles. The summed E-state index contributed by atoms with van der Waals surface area (Å²) in [7, 11) is 0. The summed E-state index contributed by atoms with van der Waals surface area (Å²) in [6.07, 6.45) is -0.981. The number of fused-ring (bicyclic) bond motifs is 1. The van der Waals surface area contributed by atoms with E-state index in [-0.39, 0.29) is 58.0 Å². The molecular formula is C16H16KNO6S. The van der Waals surface area contributed by atoms with E-state index in [0.717, 1.165) is 0 Å². The Kier molecular flexibility index (Phi) is 6.61. The molecule has 9 heteroatoms. The number of nitrogens with zero attached hydrogens (tertiary/aromatic N) is 1. The third-order valence-electron chi connectivity index (χ3n) is 3.97. The van der Waals surface area contributed by atoms with Crippen LogP contribution in [0.5, 0.6) is 5.75 Å². The number of carboxylic acid groups (broad SMARTS) is 1. The van der Waals surface area contributed by atoms with Crippen molar-refractivity contribution in [2.24, 2.45) is 0 Å². The van der Waals surface area contributed by atoms with Crippen LogP contribution in [0.2, 0.25) is 0 Å². The van der Waals surface area contributed by atoms with Crippen molar-refractivity contribution < 1.29 is 80.3 Å². The second-order valence-electron chi connectivity index (χ2n) is 6.09. The minimum absolute atomic E-state index is 0. The van der Waals surface area contributed by atoms with E-state index in [1.54, 1.807) is 38.1 Å². The number of benzene rings is 1. The molecule has 0 spiro atoms. The predicted octanol–water partition coefficient (Wildman–Crippen LogP) is -3.21. The second kappa shape index (κ2) is 7.97. The summed E-state index contributed by atoms with van der Waals surface area (Å²) < 4.78 is 9.73. The molecule has 128 valence electrons. The number of esters is 1. The number of carboxylic acids is 1. The maximum atomic E-state index is 12.2. The SMILES string of the molecule is CC1(C)S[C@@H]2[C@H](OC(=O)COc3ccccc3)C(=O)N2[C@H]1C(=O)[O-].[K+]. The van der Waals surface area contributed by atoms with E-state index >= 15 is 0 Å². The summed E-state index contributed by atoms with van der Waals surface area (Å²) >= 11 is 1.29. The smallest absolute Gasteiger partial charge is 0.548 e. The first-order chi connectivity index (χ1) is 11.3. The molecule has 0 unspecified atom stereocenters. The van der Waals surface area contributed by atoms with Crippen molar-refractivity contribution in [3.8, 4) is 5.75 Å². The zero-order chi connectivity index (χ0) is 17.5. The van der Waals surface area contributed by atoms with Gasteiger partial charge in [-0.1, -0.05) is 18.2 Å². The maximum absolute atomic E-state index is 12.2. The van der Waals surface area contributed by atoms with Crippen LogP contribution in [0.3, 0.4) is 0 Å². The van der Waals surface area contributed by atoms with E-state index in [1.807, 2.05) is 6.07 Å². The second-order valence-corrected chi connectivity index (χ2v) is 7.86. The normalized spacial score (nSPS) is 26.1. The summed E-state index contributed by atoms with van der Waals surface area (Å²) in [5.41, 5.74) is 0. The Hall–Kier alpha value is -0.584. The fraction of sp³-hybridized carbons (Fsp3) is 0.438. The number of carbonyl (C=O) groups excluding carboxylic acids is 3. The van der Waals surface area contributed by atoms with E-state index in [2.05, 4.69) is 0 Å². The molecule has 0 aliphatic carbocycles. The molecule has 0 radical (unpaired) electrons. The van der Waals surface area contributed by atoms with Crippen molar-refractivity contribution in [1.29, 1.82) is 0 Å². The molecular weight excluding hydrogens is 373 g/mol. The Balaban J connectivity index is 0.00000225. The number of rotatable bonds is 5. The van der Waals surface area contributed by atoms with Gasteiger partial charge in [0.25, 0.3) is 5.91 Å². The van der Waals surface area contributed by atoms with Gasteiger partial charge in [-0.25, -0.2) is 4.79 Å². The van der Waals surface area contributed by atoms with Crippen molar-refractivity contribution in [3.05, 3.63) is 30.3 Å². The third-order valence-corrected chi connectivity index (χ3v) is 5.52. The Morgan fingerprint density at radius 2 is 1.92 bits per heavy atom. The zero-order valence-electron chi connectivity index (χ0n) is 14.1. The van der Waals surface area contributed by atoms with E-state index in [0.29, 0.717) is 5.75 Å². The van der Waals surface area contributed by atoms with Gasteiger partial charge in [0.05, 0.1) is 12.0 Å². The molecule has 1 amide bonds. The Bertz CT molecular complexity index is 682. The van der Waals surface area contributed by atoms with Crippen LogP contribution >= 0.6 is 11.8 Å². The van der Waals surface area contributed by atoms with Gasteiger partial charge in [-0.05, 0) is 26.0 Å². The van der Waals surface area contributed by atoms with Crippen LogP contribution in [-0.2, 0) is 19.1 Å². The minimum Gasteiger partial charge on any atom is -0.548 e. The summed E-state index contributed by atoms with van der Waals surface area (Å²) in [6.45, 7) is 3.13. The minimum atomic E-state index is -1.31. The topological polar surface area (TPSA) is 96.0 Å². The molecule has 0 saturated carbocycles. The van der Waals surface area contributed by atoms with Gasteiger partial charge in [0.2, 0.25) is 6.10 Å². The first kappa shape index (κ1) is 20.7. The monoisotopic (exact) mass is 389 g/mol. The van der Waals surface area contributed by atoms with Crippen LogP contribution in [0.4, 0.5) is 0 Å². The van der Waals surface area contributed by atoms with Crippen LogP contribution < -0.4 is 61.2 Å². The molecule has 2 heterocycles. The predicted molar refractivity (Wildman–Crippen MR) is 82.9 cm³/mol. The molecule has 1 aromatic rings. The first-order valence-electron chi connectivity index (χ1n) is 7.39. The quantitative estimate of drug-likeness (QED) is 0.297. The van der Waals surface area contributed by atoms with Crippen LogP contribution in [0.25, 0.3) is 0 Å². The van der Waals surface area contributed by atoms with Crippen molar-refractivity contribution >= 4 is 29.6 Å². The largest absolute Gasteiger partial charge is 1.00 e. The van der Waals surface area contributed by atoms with Gasteiger partial charge in [-0.15, -0.1) is 11.8 Å². The number of hydrogen-bond acceptors (Lipinski definition) is 7. The molecule has 3 atom stereocenters. The molecule has 2 aliphatic rings. The number of amides is 1. The van der Waals surface area contributed by atoms with E-state index in [1.165, 1.54) is 16.7 Å². The van der Waals surface area contributed by atoms with Gasteiger partial charge in [0, 0.05) is 4.75 Å². The fourth-order valence-electron chi connectivity index (χ4n) is 2.90. The summed E-state index contributed by atoms with van der Waals surface area (Å²) in [5, 5.41) is 10.8. The average molecular weight is 389 g/mol. The summed E-state index contributed by atoms with van der Waals surface area (Å²) in [6, 6.07) is 7.72. The van der Waals surface area contributed by atoms with Gasteiger partial charge in [-0.3, -0.25) is 4.79 Å². The number of para-hydroxylation sites is 1. The van der Waals surface area contributed by atoms with Crippen molar-refractivity contribution in [2.45, 2.75) is 36.1 Å². The van der Waals surface area contributed by atoms with Crippen molar-refractivity contribution in [1.82, 2.24) is 4.90 Å². The van der Waals surface area contributed by atoms with Gasteiger partial charge in [0.15, 0.2) is 6.61 Å². The van der Waals surface area contributed by atoms with E-state index in [4.69, 9.17) is 9.47 Å². The third kappa shape index (κ3) is 4.06. The molecule has 25 heavy (non-hydrogen) atoms. The first-order valence-corrected chi connectivity index (χ1v) is 8.27. The van der Waals surface area contributed by atoms with Gasteiger partial charge in [0.1, 0.15) is 11.1 Å². The number of ether oxygens (including phenoxy) is 2. The number of thioether (sulfide) groups is 1. The molecule has 0 bridgehead atoms. The van der Waals surface area contributed by atoms with Crippen LogP contribution in [-0.4, -0.2) is 51.6 Å². The Morgan fingerprint density at radius 1 is 1.28 bits per heavy atom. The van der Waals surface area contributed by atoms with Gasteiger partial charge in [-0.2, -0.15) is 0 Å². The fourth-order valence-corrected chi connectivity index (χ4v) is 4.50. The number of hydrogen-bond donors (Lipinski definition) is 0. The number of β-lactam (4-membered cyclic amide) rings is 1. The molecule has 3 rings (SSSR count). The van der Waals surface area contributed by atoms with Crippen LogP contribution in [0, 0.1) is 0 Å². The number of carbonyl (C=O) groups is 3. The van der Waals surface area contributed by atoms with Crippen LogP contribution in [0.1, 0.15) is 13.8 Å². The molecule has 2 aliphatic heterocycles. The molecule has 7 nitrogen and oxygen atoms in total. The van der Waals surface area contributed by atoms with E-state index < -0.39 is 40.1 Å². The standard InChI is InChI=1S/C16H17NO6S.K/c1-16(2)12(15(20)21)17-13(19)11(14(17)24-16)23-10(18)8-22-9-6-4-3-5-7-9;/h3-7,11-12,14H,8H2,1-2H3,(H,20,21);/q;+1/p-1/t11-,12+,14-;/m1./s1. The average Bonchev–Trinajstić information content (AvgIpc) is 2.80. The molecule has 2 fully saturated rings. The van der Waals surface area contributed by atoms with Gasteiger partial charge < -0.3 is 24.3 Å². The van der Waals surface area contributed by atoms with Crippen molar-refractivity contribution in [3.63, 3.8) is 0 Å². The zero-order valence-corrected chi connectivity index (χ0v) is 18.1. The summed E-state index contributed by atoms with van der Waals surface area (Å²) in [4.78, 5) is 36.5. The molecule has 0 aromatic heterocycles. The van der Waals surface area contributed by atoms with Crippen LogP contribution in [0.15, 0.2) is 30.3 Å².